The van der Waals surface area contributed by atoms with Crippen molar-refractivity contribution in [3.8, 4) is 0 Å². The van der Waals surface area contributed by atoms with E-state index >= 15 is 0 Å². The fraction of sp³-hybridized carbons (Fsp3) is 0.308. The van der Waals surface area contributed by atoms with Gasteiger partial charge in [0.1, 0.15) is 0 Å². The van der Waals surface area contributed by atoms with Crippen LogP contribution in [0.2, 0.25) is 0 Å². The first-order chi connectivity index (χ1) is 7.42. The number of nitrogens with one attached hydrogen (secondary N) is 1. The van der Waals surface area contributed by atoms with Gasteiger partial charge in [-0.15, -0.1) is 0 Å². The van der Waals surface area contributed by atoms with Gasteiger partial charge < -0.3 is 5.32 Å². The van der Waals surface area contributed by atoms with Gasteiger partial charge in [0.15, 0.2) is 0 Å². The molecule has 1 aliphatic rings. The normalized spacial score (nSPS) is 16.5. The van der Waals surface area contributed by atoms with Gasteiger partial charge in [-0.05, 0) is 43.1 Å². The van der Waals surface area contributed by atoms with E-state index in [9.17, 15) is 0 Å². The summed E-state index contributed by atoms with van der Waals surface area (Å²) in [5.74, 6) is 0.825. The molecule has 0 aliphatic carbocycles. The molecule has 1 aromatic heterocycles. The summed E-state index contributed by atoms with van der Waals surface area (Å²) >= 11 is 0. The molecule has 1 N–H and O–H groups in total. The summed E-state index contributed by atoms with van der Waals surface area (Å²) < 4.78 is 0. The molecule has 0 saturated carbocycles. The Morgan fingerprint density at radius 3 is 3.00 bits per heavy atom. The monoisotopic (exact) mass is 198 g/mol. The van der Waals surface area contributed by atoms with Crippen LogP contribution < -0.4 is 5.32 Å². The molecular formula is C13H14N2. The van der Waals surface area contributed by atoms with E-state index in [1.165, 1.54) is 30.5 Å². The molecule has 0 atom stereocenters. The lowest BCUT2D eigenvalue weighted by atomic mass is 9.94. The van der Waals surface area contributed by atoms with Crippen LogP contribution in [0.5, 0.6) is 0 Å². The number of hydrogen-bond acceptors (Lipinski definition) is 2. The zero-order valence-corrected chi connectivity index (χ0v) is 8.61. The molecule has 1 fully saturated rings. The molecule has 3 rings (SSSR count). The van der Waals surface area contributed by atoms with E-state index in [-0.39, 0.29) is 0 Å². The van der Waals surface area contributed by atoms with E-state index in [1.54, 1.807) is 0 Å². The van der Waals surface area contributed by atoms with Gasteiger partial charge in [-0.1, -0.05) is 18.2 Å². The van der Waals surface area contributed by atoms with Crippen molar-refractivity contribution in [1.29, 1.82) is 0 Å². The predicted molar refractivity (Wildman–Crippen MR) is 61.8 cm³/mol. The molecule has 0 radical (unpaired) electrons. The van der Waals surface area contributed by atoms with Crippen LogP contribution >= 0.6 is 0 Å². The second-order valence-corrected chi connectivity index (χ2v) is 4.26. The Bertz CT molecular complexity index is 475. The van der Waals surface area contributed by atoms with E-state index in [0.29, 0.717) is 0 Å². The van der Waals surface area contributed by atoms with Crippen LogP contribution in [0.1, 0.15) is 5.56 Å². The van der Waals surface area contributed by atoms with E-state index in [2.05, 4.69) is 34.6 Å². The fourth-order valence-corrected chi connectivity index (χ4v) is 2.07. The van der Waals surface area contributed by atoms with E-state index in [0.717, 1.165) is 11.4 Å². The first kappa shape index (κ1) is 8.86. The summed E-state index contributed by atoms with van der Waals surface area (Å²) in [6.45, 7) is 2.33. The number of nitrogens with zero attached hydrogens (tertiary/aromatic N) is 1. The number of benzene rings is 1. The first-order valence-corrected chi connectivity index (χ1v) is 5.46. The zero-order chi connectivity index (χ0) is 10.1. The Kier molecular flexibility index (Phi) is 2.14. The summed E-state index contributed by atoms with van der Waals surface area (Å²) in [6, 6.07) is 10.7. The van der Waals surface area contributed by atoms with Crippen molar-refractivity contribution in [2.24, 2.45) is 5.92 Å². The summed E-state index contributed by atoms with van der Waals surface area (Å²) in [5, 5.41) is 4.53. The molecule has 2 nitrogen and oxygen atoms in total. The van der Waals surface area contributed by atoms with Gasteiger partial charge >= 0.3 is 0 Å². The number of fused-ring (bicyclic) bond motifs is 1. The molecule has 2 heteroatoms. The molecule has 0 spiro atoms. The Morgan fingerprint density at radius 1 is 1.27 bits per heavy atom. The van der Waals surface area contributed by atoms with Crippen molar-refractivity contribution in [3.05, 3.63) is 42.1 Å². The van der Waals surface area contributed by atoms with E-state index < -0.39 is 0 Å². The molecule has 76 valence electrons. The van der Waals surface area contributed by atoms with Crippen LogP contribution in [-0.2, 0) is 6.42 Å². The van der Waals surface area contributed by atoms with Gasteiger partial charge in [-0.3, -0.25) is 4.98 Å². The second kappa shape index (κ2) is 3.63. The van der Waals surface area contributed by atoms with E-state index in [1.807, 2.05) is 12.3 Å². The summed E-state index contributed by atoms with van der Waals surface area (Å²) in [4.78, 5) is 4.38. The average molecular weight is 198 g/mol. The number of rotatable bonds is 2. The number of hydrogen-bond donors (Lipinski definition) is 1. The third-order valence-electron chi connectivity index (χ3n) is 3.06. The van der Waals surface area contributed by atoms with E-state index in [4.69, 9.17) is 0 Å². The largest absolute Gasteiger partial charge is 0.316 e. The molecular weight excluding hydrogens is 184 g/mol. The van der Waals surface area contributed by atoms with Gasteiger partial charge in [0, 0.05) is 11.6 Å². The van der Waals surface area contributed by atoms with Crippen LogP contribution in [-0.4, -0.2) is 18.1 Å². The average Bonchev–Trinajstić information content (AvgIpc) is 2.23. The lowest BCUT2D eigenvalue weighted by molar-refractivity contribution is 0.346. The van der Waals surface area contributed by atoms with Crippen LogP contribution in [0.25, 0.3) is 10.9 Å². The molecule has 0 unspecified atom stereocenters. The van der Waals surface area contributed by atoms with Crippen molar-refractivity contribution >= 4 is 10.9 Å². The highest BCUT2D eigenvalue weighted by Gasteiger charge is 2.16. The van der Waals surface area contributed by atoms with Crippen molar-refractivity contribution in [3.63, 3.8) is 0 Å². The van der Waals surface area contributed by atoms with Gasteiger partial charge in [-0.2, -0.15) is 0 Å². The lowest BCUT2D eigenvalue weighted by Crippen LogP contribution is -2.43. The van der Waals surface area contributed by atoms with Gasteiger partial charge in [-0.25, -0.2) is 0 Å². The van der Waals surface area contributed by atoms with Crippen molar-refractivity contribution in [2.75, 3.05) is 13.1 Å². The molecule has 2 aromatic rings. The maximum absolute atomic E-state index is 4.38. The second-order valence-electron chi connectivity index (χ2n) is 4.26. The molecule has 0 amide bonds. The van der Waals surface area contributed by atoms with Crippen LogP contribution in [0.4, 0.5) is 0 Å². The Morgan fingerprint density at radius 2 is 2.20 bits per heavy atom. The van der Waals surface area contributed by atoms with Crippen LogP contribution in [0, 0.1) is 5.92 Å². The first-order valence-electron chi connectivity index (χ1n) is 5.46. The van der Waals surface area contributed by atoms with Crippen LogP contribution in [0.15, 0.2) is 36.5 Å². The Balaban J connectivity index is 1.91. The third-order valence-corrected chi connectivity index (χ3v) is 3.06. The quantitative estimate of drug-likeness (QED) is 0.798. The van der Waals surface area contributed by atoms with Gasteiger partial charge in [0.2, 0.25) is 0 Å². The van der Waals surface area contributed by atoms with Crippen molar-refractivity contribution < 1.29 is 0 Å². The topological polar surface area (TPSA) is 24.9 Å². The molecule has 0 bridgehead atoms. The number of aromatic nitrogens is 1. The standard InChI is InChI=1S/C13H14N2/c1-2-12-4-3-10(6-11-8-14-9-11)7-13(12)15-5-1/h1-5,7,11,14H,6,8-9H2. The minimum absolute atomic E-state index is 0.825. The highest BCUT2D eigenvalue weighted by Crippen LogP contribution is 2.17. The highest BCUT2D eigenvalue weighted by atomic mass is 14.9. The molecule has 1 aromatic carbocycles. The molecule has 2 heterocycles. The summed E-state index contributed by atoms with van der Waals surface area (Å²) in [6.07, 6.45) is 3.04. The third kappa shape index (κ3) is 1.73. The highest BCUT2D eigenvalue weighted by molar-refractivity contribution is 5.78. The lowest BCUT2D eigenvalue weighted by Gasteiger charge is -2.27. The Labute approximate surface area is 89.3 Å². The molecule has 1 aliphatic heterocycles. The molecule has 1 saturated heterocycles. The minimum atomic E-state index is 0.825. The minimum Gasteiger partial charge on any atom is -0.316 e. The number of pyridine rings is 1. The Hall–Kier alpha value is -1.41. The smallest absolute Gasteiger partial charge is 0.0704 e. The van der Waals surface area contributed by atoms with Gasteiger partial charge in [0.05, 0.1) is 5.52 Å². The maximum atomic E-state index is 4.38. The SMILES string of the molecule is c1cnc2cc(CC3CNC3)ccc2c1. The van der Waals surface area contributed by atoms with Crippen molar-refractivity contribution in [2.45, 2.75) is 6.42 Å². The van der Waals surface area contributed by atoms with Gasteiger partial charge in [0.25, 0.3) is 0 Å². The predicted octanol–water partition coefficient (Wildman–Crippen LogP) is 2.00. The maximum Gasteiger partial charge on any atom is 0.0704 e. The fourth-order valence-electron chi connectivity index (χ4n) is 2.07. The molecule has 15 heavy (non-hydrogen) atoms. The summed E-state index contributed by atoms with van der Waals surface area (Å²) in [7, 11) is 0. The zero-order valence-electron chi connectivity index (χ0n) is 8.61. The van der Waals surface area contributed by atoms with Crippen molar-refractivity contribution in [1.82, 2.24) is 10.3 Å². The summed E-state index contributed by atoms with van der Waals surface area (Å²) in [5.41, 5.74) is 2.52. The van der Waals surface area contributed by atoms with Crippen LogP contribution in [0.3, 0.4) is 0 Å².